The van der Waals surface area contributed by atoms with Crippen molar-refractivity contribution in [2.24, 2.45) is 11.8 Å². The Morgan fingerprint density at radius 3 is 0.694 bits per heavy atom. The van der Waals surface area contributed by atoms with Gasteiger partial charge in [-0.25, -0.2) is 9.13 Å². The van der Waals surface area contributed by atoms with Gasteiger partial charge in [0.25, 0.3) is 0 Å². The molecule has 0 radical (unpaired) electrons. The van der Waals surface area contributed by atoms with Crippen molar-refractivity contribution in [3.8, 4) is 0 Å². The van der Waals surface area contributed by atoms with Crippen molar-refractivity contribution in [2.75, 3.05) is 39.6 Å². The largest absolute Gasteiger partial charge is 0.472 e. The molecule has 0 saturated heterocycles. The van der Waals surface area contributed by atoms with E-state index in [1.54, 1.807) is 0 Å². The number of unbranched alkanes of at least 4 members (excludes halogenated alkanes) is 48. The summed E-state index contributed by atoms with van der Waals surface area (Å²) < 4.78 is 68.6. The van der Waals surface area contributed by atoms with E-state index in [-0.39, 0.29) is 25.7 Å². The Balaban J connectivity index is 5.21. The third-order valence-corrected chi connectivity index (χ3v) is 20.4. The average molecular weight is 1440 g/mol. The number of phosphoric acid groups is 2. The normalized spacial score (nSPS) is 13.9. The van der Waals surface area contributed by atoms with Crippen molar-refractivity contribution >= 4 is 39.5 Å². The van der Waals surface area contributed by atoms with Crippen LogP contribution in [0.15, 0.2) is 0 Å². The van der Waals surface area contributed by atoms with Gasteiger partial charge in [0.15, 0.2) is 12.2 Å². The number of aliphatic hydroxyl groups excluding tert-OH is 1. The summed E-state index contributed by atoms with van der Waals surface area (Å²) in [5.74, 6) is -0.670. The second kappa shape index (κ2) is 70.7. The molecule has 0 aliphatic rings. The summed E-state index contributed by atoms with van der Waals surface area (Å²) in [6, 6.07) is 0. The van der Waals surface area contributed by atoms with E-state index in [1.165, 1.54) is 231 Å². The molecule has 582 valence electrons. The zero-order valence-electron chi connectivity index (χ0n) is 64.1. The first-order valence-electron chi connectivity index (χ1n) is 41.0. The third kappa shape index (κ3) is 72.4. The van der Waals surface area contributed by atoms with Gasteiger partial charge >= 0.3 is 39.5 Å². The SMILES string of the molecule is CCCCCCCCCCCCCCCCCCCCCCCC(=O)O[C@H](COC(=O)CCCCCCCCCCCCCCCCC)COP(=O)(O)OC[C@@H](O)COP(=O)(O)OC[C@@H](COC(=O)CCCCCCCCCCC(C)C)OC(=O)CCCCCCCCCCC(C)C. The average Bonchev–Trinajstić information content (AvgIpc) is 1.14. The summed E-state index contributed by atoms with van der Waals surface area (Å²) >= 11 is 0. The Bertz CT molecular complexity index is 1890. The molecule has 3 N–H and O–H groups in total. The second-order valence-corrected chi connectivity index (χ2v) is 32.3. The van der Waals surface area contributed by atoms with Gasteiger partial charge in [0.2, 0.25) is 0 Å². The number of carbonyl (C=O) groups excluding carboxylic acids is 4. The predicted molar refractivity (Wildman–Crippen MR) is 400 cm³/mol. The molecule has 0 aliphatic carbocycles. The number of carbonyl (C=O) groups is 4. The maximum Gasteiger partial charge on any atom is 0.472 e. The molecule has 98 heavy (non-hydrogen) atoms. The fourth-order valence-corrected chi connectivity index (χ4v) is 13.8. The van der Waals surface area contributed by atoms with Crippen molar-refractivity contribution in [3.05, 3.63) is 0 Å². The molecule has 0 fully saturated rings. The van der Waals surface area contributed by atoms with Gasteiger partial charge in [0, 0.05) is 25.7 Å². The monoisotopic (exact) mass is 1440 g/mol. The van der Waals surface area contributed by atoms with E-state index in [1.807, 2.05) is 0 Å². The highest BCUT2D eigenvalue weighted by atomic mass is 31.2. The van der Waals surface area contributed by atoms with Crippen LogP contribution in [0.25, 0.3) is 0 Å². The minimum Gasteiger partial charge on any atom is -0.462 e. The minimum atomic E-state index is -4.96. The second-order valence-electron chi connectivity index (χ2n) is 29.4. The molecule has 5 atom stereocenters. The third-order valence-electron chi connectivity index (χ3n) is 18.5. The van der Waals surface area contributed by atoms with Crippen molar-refractivity contribution < 1.29 is 80.2 Å². The Labute approximate surface area is 600 Å². The number of phosphoric ester groups is 2. The maximum atomic E-state index is 13.1. The highest BCUT2D eigenvalue weighted by Gasteiger charge is 2.30. The van der Waals surface area contributed by atoms with Gasteiger partial charge in [-0.2, -0.15) is 0 Å². The van der Waals surface area contributed by atoms with Gasteiger partial charge in [0.1, 0.15) is 19.3 Å². The van der Waals surface area contributed by atoms with Gasteiger partial charge in [-0.15, -0.1) is 0 Å². The summed E-state index contributed by atoms with van der Waals surface area (Å²) in [5, 5.41) is 10.6. The van der Waals surface area contributed by atoms with Crippen LogP contribution < -0.4 is 0 Å². The lowest BCUT2D eigenvalue weighted by Gasteiger charge is -2.21. The summed E-state index contributed by atoms with van der Waals surface area (Å²) in [6.45, 7) is 9.54. The zero-order valence-corrected chi connectivity index (χ0v) is 65.9. The minimum absolute atomic E-state index is 0.104. The van der Waals surface area contributed by atoms with E-state index in [0.717, 1.165) is 102 Å². The molecule has 0 aromatic carbocycles. The lowest BCUT2D eigenvalue weighted by molar-refractivity contribution is -0.161. The van der Waals surface area contributed by atoms with Crippen LogP contribution in [0.3, 0.4) is 0 Å². The van der Waals surface area contributed by atoms with E-state index in [4.69, 9.17) is 37.0 Å². The van der Waals surface area contributed by atoms with E-state index in [9.17, 15) is 43.2 Å². The van der Waals surface area contributed by atoms with E-state index < -0.39 is 97.5 Å². The number of hydrogen-bond acceptors (Lipinski definition) is 15. The molecular formula is C79H154O17P2. The fourth-order valence-electron chi connectivity index (χ4n) is 12.2. The highest BCUT2D eigenvalue weighted by Crippen LogP contribution is 2.45. The van der Waals surface area contributed by atoms with Crippen LogP contribution in [0.4, 0.5) is 0 Å². The number of rotatable bonds is 78. The van der Waals surface area contributed by atoms with Crippen LogP contribution in [0.5, 0.6) is 0 Å². The van der Waals surface area contributed by atoms with Crippen LogP contribution in [-0.2, 0) is 65.4 Å². The fraction of sp³-hybridized carbons (Fsp3) is 0.949. The van der Waals surface area contributed by atoms with Crippen molar-refractivity contribution in [3.63, 3.8) is 0 Å². The number of ether oxygens (including phenoxy) is 4. The van der Waals surface area contributed by atoms with Gasteiger partial charge in [0.05, 0.1) is 26.4 Å². The van der Waals surface area contributed by atoms with Crippen molar-refractivity contribution in [1.82, 2.24) is 0 Å². The summed E-state index contributed by atoms with van der Waals surface area (Å²) in [7, 11) is -9.91. The molecule has 0 spiro atoms. The summed E-state index contributed by atoms with van der Waals surface area (Å²) in [5.41, 5.74) is 0. The van der Waals surface area contributed by atoms with Gasteiger partial charge in [-0.3, -0.25) is 37.3 Å². The molecule has 0 heterocycles. The molecule has 0 saturated carbocycles. The van der Waals surface area contributed by atoms with E-state index in [0.29, 0.717) is 25.7 Å². The van der Waals surface area contributed by atoms with Gasteiger partial charge in [-0.05, 0) is 37.5 Å². The number of esters is 4. The lowest BCUT2D eigenvalue weighted by atomic mass is 10.0. The molecular weight excluding hydrogens is 1280 g/mol. The quantitative estimate of drug-likeness (QED) is 0.0222. The van der Waals surface area contributed by atoms with Crippen LogP contribution in [-0.4, -0.2) is 96.7 Å². The first kappa shape index (κ1) is 96.1. The van der Waals surface area contributed by atoms with Gasteiger partial charge < -0.3 is 33.8 Å². The van der Waals surface area contributed by atoms with Crippen molar-refractivity contribution in [2.45, 2.75) is 432 Å². The Hall–Kier alpha value is -1.94. The molecule has 0 rings (SSSR count). The molecule has 0 bridgehead atoms. The Kier molecular flexibility index (Phi) is 69.3. The zero-order chi connectivity index (χ0) is 72.1. The van der Waals surface area contributed by atoms with Crippen molar-refractivity contribution in [1.29, 1.82) is 0 Å². The molecule has 19 heteroatoms. The van der Waals surface area contributed by atoms with Crippen LogP contribution >= 0.6 is 15.6 Å². The smallest absolute Gasteiger partial charge is 0.462 e. The Morgan fingerprint density at radius 1 is 0.276 bits per heavy atom. The lowest BCUT2D eigenvalue weighted by Crippen LogP contribution is -2.30. The van der Waals surface area contributed by atoms with Gasteiger partial charge in [-0.1, -0.05) is 363 Å². The predicted octanol–water partition coefficient (Wildman–Crippen LogP) is 23.5. The summed E-state index contributed by atoms with van der Waals surface area (Å²) in [6.07, 6.45) is 59.9. The topological polar surface area (TPSA) is 237 Å². The number of hydrogen-bond donors (Lipinski definition) is 3. The first-order valence-corrected chi connectivity index (χ1v) is 44.0. The molecule has 0 aliphatic heterocycles. The van der Waals surface area contributed by atoms with E-state index >= 15 is 0 Å². The van der Waals surface area contributed by atoms with Crippen LogP contribution in [0.1, 0.15) is 414 Å². The molecule has 2 unspecified atom stereocenters. The standard InChI is InChI=1S/C79H154O17P2/c1-7-9-11-13-15-17-19-21-23-24-25-26-27-28-30-32-34-36-45-51-57-63-78(83)95-74(67-89-76(81)61-55-49-43-35-33-31-29-22-20-18-16-14-12-10-8-2)69-93-97(85,86)91-65-73(80)66-92-98(87,88)94-70-75(96-79(84)64-58-52-46-40-38-42-48-54-60-72(5)6)68-90-77(82)62-56-50-44-39-37-41-47-53-59-71(3)4/h71-75,80H,7-70H2,1-6H3,(H,85,86)(H,87,88)/t73-,74-,75-/m1/s1. The first-order chi connectivity index (χ1) is 47.4. The summed E-state index contributed by atoms with van der Waals surface area (Å²) in [4.78, 5) is 72.9. The highest BCUT2D eigenvalue weighted by molar-refractivity contribution is 7.47. The molecule has 17 nitrogen and oxygen atoms in total. The Morgan fingerprint density at radius 2 is 0.469 bits per heavy atom. The molecule has 0 amide bonds. The van der Waals surface area contributed by atoms with Crippen LogP contribution in [0.2, 0.25) is 0 Å². The number of aliphatic hydroxyl groups is 1. The van der Waals surface area contributed by atoms with Crippen LogP contribution in [0, 0.1) is 11.8 Å². The van der Waals surface area contributed by atoms with E-state index in [2.05, 4.69) is 41.5 Å². The molecule has 0 aromatic heterocycles. The molecule has 0 aromatic rings. The maximum absolute atomic E-state index is 13.1.